The fourth-order valence-corrected chi connectivity index (χ4v) is 8.95. The third-order valence-electron chi connectivity index (χ3n) is 12.9. The molecular formula is C49H68N12O4. The number of carbonyl (C=O) groups is 3. The Hall–Kier alpha value is -5.71. The first-order valence-corrected chi connectivity index (χ1v) is 23.2. The lowest BCUT2D eigenvalue weighted by Crippen LogP contribution is -2.45. The Morgan fingerprint density at radius 3 is 1.40 bits per heavy atom. The predicted molar refractivity (Wildman–Crippen MR) is 254 cm³/mol. The molecule has 3 amide bonds. The van der Waals surface area contributed by atoms with Crippen LogP contribution < -0.4 is 26.6 Å². The monoisotopic (exact) mass is 889 g/mol. The van der Waals surface area contributed by atoms with Crippen molar-refractivity contribution in [1.29, 1.82) is 0 Å². The van der Waals surface area contributed by atoms with Gasteiger partial charge in [-0.2, -0.15) is 0 Å². The number of ether oxygens (including phenoxy) is 1. The maximum atomic E-state index is 12.3. The zero-order chi connectivity index (χ0) is 46.1. The highest BCUT2D eigenvalue weighted by Crippen LogP contribution is 2.30. The van der Waals surface area contributed by atoms with Crippen LogP contribution in [0, 0.1) is 0 Å². The number of primary amides is 2. The van der Waals surface area contributed by atoms with Crippen LogP contribution in [-0.4, -0.2) is 151 Å². The Morgan fingerprint density at radius 1 is 0.615 bits per heavy atom. The van der Waals surface area contributed by atoms with Crippen LogP contribution in [-0.2, 0) is 17.6 Å². The first kappa shape index (κ1) is 47.3. The number of piperazine rings is 2. The van der Waals surface area contributed by atoms with Gasteiger partial charge in [-0.25, -0.2) is 24.7 Å². The van der Waals surface area contributed by atoms with Gasteiger partial charge in [-0.3, -0.25) is 9.59 Å². The zero-order valence-corrected chi connectivity index (χ0v) is 39.0. The molecule has 4 aliphatic heterocycles. The van der Waals surface area contributed by atoms with E-state index in [0.717, 1.165) is 101 Å². The van der Waals surface area contributed by atoms with E-state index in [4.69, 9.17) is 26.2 Å². The van der Waals surface area contributed by atoms with Crippen LogP contribution in [0.15, 0.2) is 60.9 Å². The van der Waals surface area contributed by atoms with Crippen molar-refractivity contribution < 1.29 is 19.1 Å². The molecule has 0 radical (unpaired) electrons. The molecule has 4 aromatic rings. The maximum absolute atomic E-state index is 12.3. The Balaban J connectivity index is 0.000000198. The molecule has 4 saturated heterocycles. The summed E-state index contributed by atoms with van der Waals surface area (Å²) in [5, 5.41) is 3.41. The molecule has 6 heterocycles. The quantitative estimate of drug-likeness (QED) is 0.203. The van der Waals surface area contributed by atoms with Crippen molar-refractivity contribution >= 4 is 29.5 Å². The molecule has 0 spiro atoms. The van der Waals surface area contributed by atoms with Gasteiger partial charge in [-0.15, -0.1) is 0 Å². The van der Waals surface area contributed by atoms with E-state index >= 15 is 0 Å². The van der Waals surface area contributed by atoms with Crippen LogP contribution >= 0.6 is 0 Å². The van der Waals surface area contributed by atoms with E-state index in [9.17, 15) is 14.4 Å². The molecule has 0 atom stereocenters. The highest BCUT2D eigenvalue weighted by Gasteiger charge is 2.28. The summed E-state index contributed by atoms with van der Waals surface area (Å²) in [6.45, 7) is 16.7. The lowest BCUT2D eigenvalue weighted by atomic mass is 9.89. The van der Waals surface area contributed by atoms with Crippen molar-refractivity contribution in [3.63, 3.8) is 0 Å². The Kier molecular flexibility index (Phi) is 15.6. The van der Waals surface area contributed by atoms with E-state index in [2.05, 4.69) is 97.5 Å². The number of carbonyl (C=O) groups excluding carboxylic acids is 3. The molecule has 8 rings (SSSR count). The number of anilines is 2. The molecule has 16 heteroatoms. The van der Waals surface area contributed by atoms with Gasteiger partial charge < -0.3 is 46.0 Å². The molecule has 4 aliphatic rings. The third kappa shape index (κ3) is 13.0. The molecule has 0 aliphatic carbocycles. The van der Waals surface area contributed by atoms with Crippen molar-refractivity contribution in [1.82, 2.24) is 40.0 Å². The fraction of sp³-hybridized carbons (Fsp3) is 0.531. The average molecular weight is 889 g/mol. The number of benzene rings is 2. The van der Waals surface area contributed by atoms with E-state index in [1.54, 1.807) is 17.3 Å². The lowest BCUT2D eigenvalue weighted by molar-refractivity contribution is 0.0204. The molecule has 65 heavy (non-hydrogen) atoms. The number of nitrogens with two attached hydrogens (primary N) is 2. The largest absolute Gasteiger partial charge is 0.444 e. The lowest BCUT2D eigenvalue weighted by Gasteiger charge is -2.33. The topological polar surface area (TPSA) is 192 Å². The highest BCUT2D eigenvalue weighted by atomic mass is 16.6. The number of hydrogen-bond donors (Lipinski definition) is 3. The van der Waals surface area contributed by atoms with Gasteiger partial charge in [0.15, 0.2) is 0 Å². The van der Waals surface area contributed by atoms with Gasteiger partial charge in [0.25, 0.3) is 11.8 Å². The molecule has 348 valence electrons. The van der Waals surface area contributed by atoms with Gasteiger partial charge in [0.05, 0.1) is 23.8 Å². The summed E-state index contributed by atoms with van der Waals surface area (Å²) < 4.78 is 5.51. The molecule has 5 N–H and O–H groups in total. The average Bonchev–Trinajstić information content (AvgIpc) is 3.30. The summed E-state index contributed by atoms with van der Waals surface area (Å²) >= 11 is 0. The van der Waals surface area contributed by atoms with Crippen LogP contribution in [0.3, 0.4) is 0 Å². The first-order valence-electron chi connectivity index (χ1n) is 23.2. The number of likely N-dealkylation sites (N-methyl/N-ethyl adjacent to an activating group) is 2. The van der Waals surface area contributed by atoms with Crippen LogP contribution in [0.4, 0.5) is 16.4 Å². The minimum Gasteiger partial charge on any atom is -0.444 e. The number of nitrogens with zero attached hydrogens (tertiary/aromatic N) is 9. The number of amides is 3. The Labute approximate surface area is 384 Å². The van der Waals surface area contributed by atoms with Crippen molar-refractivity contribution in [3.05, 3.63) is 106 Å². The summed E-state index contributed by atoms with van der Waals surface area (Å²) in [5.41, 5.74) is 17.3. The number of aromatic nitrogens is 4. The van der Waals surface area contributed by atoms with Crippen molar-refractivity contribution in [2.24, 2.45) is 11.5 Å². The van der Waals surface area contributed by atoms with Gasteiger partial charge in [0.2, 0.25) is 0 Å². The van der Waals surface area contributed by atoms with Gasteiger partial charge >= 0.3 is 6.09 Å². The highest BCUT2D eigenvalue weighted by molar-refractivity contribution is 5.92. The molecular weight excluding hydrogens is 821 g/mol. The normalized spacial score (nSPS) is 18.2. The van der Waals surface area contributed by atoms with Gasteiger partial charge in [0, 0.05) is 78.3 Å². The van der Waals surface area contributed by atoms with Crippen LogP contribution in [0.1, 0.15) is 113 Å². The van der Waals surface area contributed by atoms with Crippen molar-refractivity contribution in [3.8, 4) is 0 Å². The molecule has 2 aromatic carbocycles. The summed E-state index contributed by atoms with van der Waals surface area (Å²) in [7, 11) is 4.23. The maximum Gasteiger partial charge on any atom is 0.410 e. The van der Waals surface area contributed by atoms with E-state index in [-0.39, 0.29) is 17.5 Å². The second kappa shape index (κ2) is 21.5. The van der Waals surface area contributed by atoms with E-state index in [1.165, 1.54) is 24.0 Å². The molecule has 16 nitrogen and oxygen atoms in total. The van der Waals surface area contributed by atoms with Crippen molar-refractivity contribution in [2.45, 2.75) is 76.7 Å². The second-order valence-electron chi connectivity index (χ2n) is 19.0. The molecule has 4 fully saturated rings. The molecule has 0 bridgehead atoms. The number of piperidine rings is 2. The SMILES string of the molecule is CN1CCN(c2cnc(C(N)=O)c(Cc3ccc(C4CCN(C(=O)OC(C)(C)C)CC4)cc3)n2)CC1.CN1CCN(c2cnc(C(N)=O)c(Cc3ccc(C4CCNCC4)cc3)n2)CC1. The predicted octanol–water partition coefficient (Wildman–Crippen LogP) is 4.42. The first-order chi connectivity index (χ1) is 31.2. The summed E-state index contributed by atoms with van der Waals surface area (Å²) in [6.07, 6.45) is 8.32. The van der Waals surface area contributed by atoms with Gasteiger partial charge in [-0.05, 0) is 108 Å². The van der Waals surface area contributed by atoms with Crippen molar-refractivity contribution in [2.75, 3.05) is 102 Å². The number of rotatable bonds is 10. The molecule has 2 aromatic heterocycles. The van der Waals surface area contributed by atoms with E-state index < -0.39 is 17.4 Å². The standard InChI is InChI=1S/C27H38N6O3.C22H30N6O/c1-27(2,3)36-26(35)33-11-9-21(10-12-33)20-7-5-19(6-8-20)17-22-24(25(28)34)29-18-23(30-22)32-15-13-31(4)14-16-32;1-27-10-12-28(13-11-27)20-15-25-21(22(23)29)19(26-20)14-16-2-4-17(5-3-16)18-6-8-24-9-7-18/h5-8,18,21H,9-17H2,1-4H3,(H2,28,34);2-5,15,18,24H,6-14H2,1H3,(H2,23,29). The fourth-order valence-electron chi connectivity index (χ4n) is 8.95. The van der Waals surface area contributed by atoms with Crippen LogP contribution in [0.5, 0.6) is 0 Å². The zero-order valence-electron chi connectivity index (χ0n) is 39.0. The van der Waals surface area contributed by atoms with Gasteiger partial charge in [0.1, 0.15) is 28.6 Å². The molecule has 0 saturated carbocycles. The number of likely N-dealkylation sites (tertiary alicyclic amines) is 1. The third-order valence-corrected chi connectivity index (χ3v) is 12.9. The second-order valence-corrected chi connectivity index (χ2v) is 19.0. The Bertz CT molecular complexity index is 2220. The van der Waals surface area contributed by atoms with Gasteiger partial charge in [-0.1, -0.05) is 48.5 Å². The van der Waals surface area contributed by atoms with Crippen LogP contribution in [0.2, 0.25) is 0 Å². The number of hydrogen-bond acceptors (Lipinski definition) is 13. The summed E-state index contributed by atoms with van der Waals surface area (Å²) in [5.74, 6) is 1.56. The summed E-state index contributed by atoms with van der Waals surface area (Å²) in [6, 6.07) is 17.2. The van der Waals surface area contributed by atoms with Crippen LogP contribution in [0.25, 0.3) is 0 Å². The number of nitrogens with one attached hydrogen (secondary N) is 1. The smallest absolute Gasteiger partial charge is 0.410 e. The Morgan fingerprint density at radius 2 is 1.02 bits per heavy atom. The van der Waals surface area contributed by atoms with E-state index in [0.29, 0.717) is 49.2 Å². The molecule has 0 unspecified atom stereocenters. The minimum absolute atomic E-state index is 0.228. The van der Waals surface area contributed by atoms with E-state index in [1.807, 2.05) is 20.8 Å². The minimum atomic E-state index is -0.559. The summed E-state index contributed by atoms with van der Waals surface area (Å²) in [4.78, 5) is 65.4.